The third-order valence-electron chi connectivity index (χ3n) is 10.9. The minimum Gasteiger partial charge on any atom is -0.456 e. The van der Waals surface area contributed by atoms with Crippen LogP contribution in [0.2, 0.25) is 0 Å². The summed E-state index contributed by atoms with van der Waals surface area (Å²) in [5.74, 6) is 0.0932. The normalized spacial score (nSPS) is 12.9. The van der Waals surface area contributed by atoms with Crippen molar-refractivity contribution in [3.05, 3.63) is 169 Å². The van der Waals surface area contributed by atoms with Gasteiger partial charge in [0.15, 0.2) is 0 Å². The summed E-state index contributed by atoms with van der Waals surface area (Å²) in [6.45, 7) is 0. The molecule has 0 unspecified atom stereocenters. The van der Waals surface area contributed by atoms with Crippen LogP contribution in [0.3, 0.4) is 0 Å². The summed E-state index contributed by atoms with van der Waals surface area (Å²) in [7, 11) is 0. The van der Waals surface area contributed by atoms with Gasteiger partial charge in [0, 0.05) is 87.1 Å². The molecule has 242 valence electrons. The Labute approximate surface area is 296 Å². The zero-order valence-electron chi connectivity index (χ0n) is 27.6. The first-order chi connectivity index (χ1) is 25.8. The van der Waals surface area contributed by atoms with E-state index in [0.29, 0.717) is 0 Å². The fraction of sp³-hybridized carbons (Fsp3) is 0.0222. The quantitative estimate of drug-likeness (QED) is 0.188. The lowest BCUT2D eigenvalue weighted by atomic mass is 9.89. The monoisotopic (exact) mass is 666 g/mol. The molecule has 7 nitrogen and oxygen atoms in total. The van der Waals surface area contributed by atoms with E-state index in [-0.39, 0.29) is 5.92 Å². The Morgan fingerprint density at radius 3 is 1.69 bits per heavy atom. The van der Waals surface area contributed by atoms with Crippen LogP contribution in [0.4, 0.5) is 0 Å². The van der Waals surface area contributed by atoms with Crippen molar-refractivity contribution in [2.75, 3.05) is 0 Å². The summed E-state index contributed by atoms with van der Waals surface area (Å²) < 4.78 is 11.0. The van der Waals surface area contributed by atoms with E-state index < -0.39 is 0 Å². The second kappa shape index (κ2) is 10.2. The molecule has 0 saturated heterocycles. The molecule has 0 bridgehead atoms. The Kier molecular flexibility index (Phi) is 5.44. The third-order valence-corrected chi connectivity index (χ3v) is 10.9. The number of hydrogen-bond donors (Lipinski definition) is 0. The molecule has 0 N–H and O–H groups in total. The van der Waals surface area contributed by atoms with Gasteiger partial charge in [-0.05, 0) is 108 Å². The van der Waals surface area contributed by atoms with Crippen molar-refractivity contribution in [3.63, 3.8) is 0 Å². The molecular weight excluding hydrogens is 641 g/mol. The Morgan fingerprint density at radius 1 is 0.462 bits per heavy atom. The highest BCUT2D eigenvalue weighted by atomic mass is 16.3. The second-order valence-corrected chi connectivity index (χ2v) is 13.5. The van der Waals surface area contributed by atoms with E-state index in [1.165, 1.54) is 16.7 Å². The van der Waals surface area contributed by atoms with Gasteiger partial charge in [0.05, 0.1) is 33.1 Å². The van der Waals surface area contributed by atoms with Crippen LogP contribution >= 0.6 is 0 Å². The molecule has 7 heteroatoms. The number of fused-ring (bicyclic) bond motifs is 12. The fourth-order valence-electron chi connectivity index (χ4n) is 8.69. The molecule has 0 radical (unpaired) electrons. The molecule has 0 amide bonds. The zero-order chi connectivity index (χ0) is 33.9. The van der Waals surface area contributed by atoms with E-state index in [1.807, 2.05) is 49.3 Å². The topological polar surface area (TPSA) is 74.6 Å². The number of furan rings is 1. The van der Waals surface area contributed by atoms with Crippen molar-refractivity contribution in [3.8, 4) is 22.5 Å². The number of benzene rings is 4. The number of para-hydroxylation sites is 1. The summed E-state index contributed by atoms with van der Waals surface area (Å²) in [6.07, 6.45) is 11.4. The summed E-state index contributed by atoms with van der Waals surface area (Å²) in [5, 5.41) is 4.37. The first kappa shape index (κ1) is 27.7. The first-order valence-electron chi connectivity index (χ1n) is 17.4. The van der Waals surface area contributed by atoms with Gasteiger partial charge in [0.2, 0.25) is 0 Å². The van der Waals surface area contributed by atoms with E-state index in [9.17, 15) is 0 Å². The Hall–Kier alpha value is -7.12. The number of pyridine rings is 4. The van der Waals surface area contributed by atoms with Gasteiger partial charge in [0.25, 0.3) is 0 Å². The van der Waals surface area contributed by atoms with E-state index in [0.717, 1.165) is 88.3 Å². The Bertz CT molecular complexity index is 3180. The molecule has 0 fully saturated rings. The molecule has 7 aromatic heterocycles. The highest BCUT2D eigenvalue weighted by molar-refractivity contribution is 6.11. The molecule has 0 saturated carbocycles. The van der Waals surface area contributed by atoms with Gasteiger partial charge in [0.1, 0.15) is 11.2 Å². The molecule has 4 aromatic carbocycles. The SMILES string of the molecule is c1ccc2c(c1)c1ncccc1n2-c1ccc2oc3ccc(-n4c5ccc(C6c7ccncc7-c7cnccc76)cc5c5ncccc54)cc3c2c1. The molecule has 0 aliphatic heterocycles. The number of hydrogen-bond acceptors (Lipinski definition) is 5. The van der Waals surface area contributed by atoms with Crippen LogP contribution in [-0.2, 0) is 0 Å². The highest BCUT2D eigenvalue weighted by Crippen LogP contribution is 2.48. The fourth-order valence-corrected chi connectivity index (χ4v) is 8.69. The van der Waals surface area contributed by atoms with Crippen LogP contribution in [0, 0.1) is 0 Å². The standard InChI is InChI=1S/C45H26N6O/c1-2-6-37-31(5-1)44-39(7-3-17-48-44)50(37)27-10-13-41-32(22-27)33-23-28(11-14-42(33)52-41)51-38-12-9-26(21-34(38)45-40(51)8-4-18-49-45)43-29-15-19-46-24-35(29)36-25-47-20-16-30(36)43/h1-25,43H. The molecule has 1 aliphatic carbocycles. The van der Waals surface area contributed by atoms with Gasteiger partial charge < -0.3 is 13.6 Å². The Balaban J connectivity index is 1.05. The predicted molar refractivity (Wildman–Crippen MR) is 206 cm³/mol. The second-order valence-electron chi connectivity index (χ2n) is 13.5. The van der Waals surface area contributed by atoms with E-state index in [2.05, 4.69) is 122 Å². The van der Waals surface area contributed by atoms with Gasteiger partial charge in [-0.15, -0.1) is 0 Å². The van der Waals surface area contributed by atoms with Crippen molar-refractivity contribution in [2.45, 2.75) is 5.92 Å². The maximum atomic E-state index is 6.43. The molecule has 11 aromatic rings. The minimum absolute atomic E-state index is 0.0932. The van der Waals surface area contributed by atoms with Gasteiger partial charge in [-0.25, -0.2) is 0 Å². The van der Waals surface area contributed by atoms with Crippen LogP contribution in [0.5, 0.6) is 0 Å². The summed E-state index contributed by atoms with van der Waals surface area (Å²) in [4.78, 5) is 18.6. The van der Waals surface area contributed by atoms with Crippen LogP contribution in [0.1, 0.15) is 22.6 Å². The van der Waals surface area contributed by atoms with Crippen molar-refractivity contribution >= 4 is 65.8 Å². The number of rotatable bonds is 3. The largest absolute Gasteiger partial charge is 0.456 e. The lowest BCUT2D eigenvalue weighted by Gasteiger charge is -2.15. The highest BCUT2D eigenvalue weighted by Gasteiger charge is 2.31. The van der Waals surface area contributed by atoms with Gasteiger partial charge in [-0.3, -0.25) is 19.9 Å². The molecule has 1 aliphatic rings. The average molecular weight is 667 g/mol. The number of nitrogens with zero attached hydrogens (tertiary/aromatic N) is 6. The molecular formula is C45H26N6O. The van der Waals surface area contributed by atoms with Gasteiger partial charge in [-0.2, -0.15) is 0 Å². The molecule has 52 heavy (non-hydrogen) atoms. The lowest BCUT2D eigenvalue weighted by molar-refractivity contribution is 0.669. The van der Waals surface area contributed by atoms with Crippen molar-refractivity contribution in [1.29, 1.82) is 0 Å². The first-order valence-corrected chi connectivity index (χ1v) is 17.4. The molecule has 0 spiro atoms. The van der Waals surface area contributed by atoms with Crippen LogP contribution in [0.25, 0.3) is 88.3 Å². The smallest absolute Gasteiger partial charge is 0.135 e. The summed E-state index contributed by atoms with van der Waals surface area (Å²) in [5.41, 5.74) is 16.2. The summed E-state index contributed by atoms with van der Waals surface area (Å²) >= 11 is 0. The lowest BCUT2D eigenvalue weighted by Crippen LogP contribution is -2.00. The molecule has 12 rings (SSSR count). The maximum absolute atomic E-state index is 6.43. The maximum Gasteiger partial charge on any atom is 0.135 e. The molecule has 0 atom stereocenters. The van der Waals surface area contributed by atoms with Crippen LogP contribution in [0.15, 0.2) is 157 Å². The predicted octanol–water partition coefficient (Wildman–Crippen LogP) is 10.5. The van der Waals surface area contributed by atoms with E-state index >= 15 is 0 Å². The van der Waals surface area contributed by atoms with Crippen LogP contribution < -0.4 is 0 Å². The van der Waals surface area contributed by atoms with Crippen molar-refractivity contribution < 1.29 is 4.42 Å². The minimum atomic E-state index is 0.0932. The van der Waals surface area contributed by atoms with Gasteiger partial charge in [-0.1, -0.05) is 24.3 Å². The van der Waals surface area contributed by atoms with Crippen molar-refractivity contribution in [1.82, 2.24) is 29.1 Å². The molecule has 7 heterocycles. The van der Waals surface area contributed by atoms with Crippen molar-refractivity contribution in [2.24, 2.45) is 0 Å². The van der Waals surface area contributed by atoms with Crippen LogP contribution in [-0.4, -0.2) is 29.1 Å². The van der Waals surface area contributed by atoms with E-state index in [1.54, 1.807) is 0 Å². The zero-order valence-corrected chi connectivity index (χ0v) is 27.6. The third kappa shape index (κ3) is 3.68. The number of aromatic nitrogens is 6. The average Bonchev–Trinajstić information content (AvgIpc) is 3.93. The summed E-state index contributed by atoms with van der Waals surface area (Å²) in [6, 6.07) is 40.8. The van der Waals surface area contributed by atoms with E-state index in [4.69, 9.17) is 14.4 Å². The van der Waals surface area contributed by atoms with Gasteiger partial charge >= 0.3 is 0 Å². The Morgan fingerprint density at radius 2 is 1.04 bits per heavy atom.